The number of nitrogens with zero attached hydrogens (tertiary/aromatic N) is 2. The third-order valence-electron chi connectivity index (χ3n) is 4.11. The van der Waals surface area contributed by atoms with Gasteiger partial charge in [-0.05, 0) is 66.9 Å². The summed E-state index contributed by atoms with van der Waals surface area (Å²) in [6.07, 6.45) is 7.11. The van der Waals surface area contributed by atoms with Crippen molar-refractivity contribution in [3.05, 3.63) is 65.8 Å². The number of allylic oxidation sites excluding steroid dienone is 1. The van der Waals surface area contributed by atoms with E-state index in [4.69, 9.17) is 4.74 Å². The molecule has 0 atom stereocenters. The number of anilines is 1. The SMILES string of the molecule is CN1C(O)=CCc2cc(OCCCNCc3ccncc3)ccc21. The number of aliphatic hydroxyl groups is 1. The smallest absolute Gasteiger partial charge is 0.187 e. The molecule has 0 fully saturated rings. The van der Waals surface area contributed by atoms with Gasteiger partial charge in [0.15, 0.2) is 5.88 Å². The van der Waals surface area contributed by atoms with Gasteiger partial charge in [0.05, 0.1) is 6.61 Å². The fourth-order valence-electron chi connectivity index (χ4n) is 2.72. The predicted octanol–water partition coefficient (Wildman–Crippen LogP) is 3.03. The highest BCUT2D eigenvalue weighted by Gasteiger charge is 2.15. The summed E-state index contributed by atoms with van der Waals surface area (Å²) in [7, 11) is 1.86. The Morgan fingerprint density at radius 3 is 2.92 bits per heavy atom. The maximum absolute atomic E-state index is 9.75. The van der Waals surface area contributed by atoms with Gasteiger partial charge in [0, 0.05) is 31.7 Å². The van der Waals surface area contributed by atoms with Gasteiger partial charge in [-0.25, -0.2) is 0 Å². The van der Waals surface area contributed by atoms with Gasteiger partial charge >= 0.3 is 0 Å². The van der Waals surface area contributed by atoms with Crippen LogP contribution in [0.25, 0.3) is 0 Å². The van der Waals surface area contributed by atoms with Crippen molar-refractivity contribution in [2.45, 2.75) is 19.4 Å². The fraction of sp³-hybridized carbons (Fsp3) is 0.316. The van der Waals surface area contributed by atoms with Crippen LogP contribution < -0.4 is 15.0 Å². The number of pyridine rings is 1. The minimum absolute atomic E-state index is 0.302. The predicted molar refractivity (Wildman–Crippen MR) is 95.3 cm³/mol. The summed E-state index contributed by atoms with van der Waals surface area (Å²) in [5, 5.41) is 13.1. The second-order valence-electron chi connectivity index (χ2n) is 5.85. The third-order valence-corrected chi connectivity index (χ3v) is 4.11. The van der Waals surface area contributed by atoms with Gasteiger partial charge in [-0.15, -0.1) is 0 Å². The first-order valence-electron chi connectivity index (χ1n) is 8.22. The standard InChI is InChI=1S/C19H23N3O2/c1-22-18-5-4-17(13-16(18)3-6-19(22)23)24-12-2-9-21-14-15-7-10-20-11-8-15/h4-8,10-11,13,21,23H,2-3,9,12,14H2,1H3. The number of hydrogen-bond donors (Lipinski definition) is 2. The van der Waals surface area contributed by atoms with E-state index >= 15 is 0 Å². The summed E-state index contributed by atoms with van der Waals surface area (Å²) in [5.41, 5.74) is 3.44. The molecule has 5 heteroatoms. The zero-order valence-corrected chi connectivity index (χ0v) is 13.9. The topological polar surface area (TPSA) is 57.6 Å². The van der Waals surface area contributed by atoms with Crippen LogP contribution in [0.5, 0.6) is 5.75 Å². The van der Waals surface area contributed by atoms with Crippen LogP contribution in [0.3, 0.4) is 0 Å². The van der Waals surface area contributed by atoms with Crippen LogP contribution in [0, 0.1) is 0 Å². The molecule has 0 amide bonds. The Kier molecular flexibility index (Phi) is 5.33. The van der Waals surface area contributed by atoms with Gasteiger partial charge in [0.2, 0.25) is 0 Å². The largest absolute Gasteiger partial charge is 0.495 e. The zero-order chi connectivity index (χ0) is 16.8. The van der Waals surface area contributed by atoms with Crippen molar-refractivity contribution in [2.75, 3.05) is 25.1 Å². The lowest BCUT2D eigenvalue weighted by molar-refractivity contribution is 0.307. The Hall–Kier alpha value is -2.53. The molecule has 0 aliphatic carbocycles. The number of aromatic nitrogens is 1. The average Bonchev–Trinajstić information content (AvgIpc) is 2.62. The molecule has 1 aliphatic heterocycles. The van der Waals surface area contributed by atoms with E-state index in [-0.39, 0.29) is 0 Å². The van der Waals surface area contributed by atoms with Crippen LogP contribution in [-0.4, -0.2) is 30.3 Å². The van der Waals surface area contributed by atoms with Crippen LogP contribution >= 0.6 is 0 Å². The summed E-state index contributed by atoms with van der Waals surface area (Å²) < 4.78 is 5.83. The van der Waals surface area contributed by atoms with Crippen LogP contribution in [-0.2, 0) is 13.0 Å². The second-order valence-corrected chi connectivity index (χ2v) is 5.85. The number of ether oxygens (including phenoxy) is 1. The summed E-state index contributed by atoms with van der Waals surface area (Å²) in [4.78, 5) is 5.79. The second kappa shape index (κ2) is 7.84. The molecule has 0 saturated heterocycles. The molecule has 1 aromatic carbocycles. The van der Waals surface area contributed by atoms with Gasteiger partial charge < -0.3 is 20.1 Å². The minimum Gasteiger partial charge on any atom is -0.495 e. The number of benzene rings is 1. The van der Waals surface area contributed by atoms with E-state index < -0.39 is 0 Å². The Morgan fingerprint density at radius 2 is 2.08 bits per heavy atom. The molecule has 0 spiro atoms. The normalized spacial score (nSPS) is 13.4. The van der Waals surface area contributed by atoms with Crippen molar-refractivity contribution < 1.29 is 9.84 Å². The number of aliphatic hydroxyl groups excluding tert-OH is 1. The van der Waals surface area contributed by atoms with Crippen molar-refractivity contribution in [1.29, 1.82) is 0 Å². The summed E-state index contributed by atoms with van der Waals surface area (Å²) in [6.45, 7) is 2.44. The van der Waals surface area contributed by atoms with Crippen molar-refractivity contribution >= 4 is 5.69 Å². The van der Waals surface area contributed by atoms with E-state index in [0.29, 0.717) is 12.5 Å². The molecule has 0 unspecified atom stereocenters. The van der Waals surface area contributed by atoms with Crippen molar-refractivity contribution in [3.8, 4) is 5.75 Å². The molecule has 1 aromatic heterocycles. The molecule has 2 heterocycles. The zero-order valence-electron chi connectivity index (χ0n) is 13.9. The Morgan fingerprint density at radius 1 is 1.25 bits per heavy atom. The summed E-state index contributed by atoms with van der Waals surface area (Å²) >= 11 is 0. The van der Waals surface area contributed by atoms with Crippen LogP contribution in [0.2, 0.25) is 0 Å². The minimum atomic E-state index is 0.302. The highest BCUT2D eigenvalue weighted by molar-refractivity contribution is 5.61. The average molecular weight is 325 g/mol. The van der Waals surface area contributed by atoms with Gasteiger partial charge in [-0.3, -0.25) is 4.98 Å². The van der Waals surface area contributed by atoms with Crippen LogP contribution in [0.15, 0.2) is 54.7 Å². The molecule has 1 aliphatic rings. The van der Waals surface area contributed by atoms with Crippen molar-refractivity contribution in [3.63, 3.8) is 0 Å². The lowest BCUT2D eigenvalue weighted by Crippen LogP contribution is -2.21. The molecule has 126 valence electrons. The Labute approximate surface area is 142 Å². The Bertz CT molecular complexity index is 701. The molecule has 5 nitrogen and oxygen atoms in total. The van der Waals surface area contributed by atoms with E-state index in [1.807, 2.05) is 49.8 Å². The van der Waals surface area contributed by atoms with E-state index in [1.54, 1.807) is 4.90 Å². The van der Waals surface area contributed by atoms with Crippen LogP contribution in [0.4, 0.5) is 5.69 Å². The monoisotopic (exact) mass is 325 g/mol. The van der Waals surface area contributed by atoms with Crippen LogP contribution in [0.1, 0.15) is 17.5 Å². The fourth-order valence-corrected chi connectivity index (χ4v) is 2.72. The third kappa shape index (κ3) is 4.06. The molecule has 2 aromatic rings. The van der Waals surface area contributed by atoms with Gasteiger partial charge in [-0.1, -0.05) is 0 Å². The summed E-state index contributed by atoms with van der Waals surface area (Å²) in [6, 6.07) is 10.0. The van der Waals surface area contributed by atoms with E-state index in [2.05, 4.69) is 16.4 Å². The first kappa shape index (κ1) is 16.3. The maximum atomic E-state index is 9.75. The lowest BCUT2D eigenvalue weighted by Gasteiger charge is -2.25. The summed E-state index contributed by atoms with van der Waals surface area (Å²) in [5.74, 6) is 1.18. The highest BCUT2D eigenvalue weighted by Crippen LogP contribution is 2.30. The molecule has 3 rings (SSSR count). The maximum Gasteiger partial charge on any atom is 0.187 e. The van der Waals surface area contributed by atoms with E-state index in [1.165, 1.54) is 11.1 Å². The van der Waals surface area contributed by atoms with Gasteiger partial charge in [-0.2, -0.15) is 0 Å². The molecule has 0 bridgehead atoms. The van der Waals surface area contributed by atoms with Gasteiger partial charge in [0.25, 0.3) is 0 Å². The van der Waals surface area contributed by atoms with Crippen molar-refractivity contribution in [1.82, 2.24) is 10.3 Å². The molecular weight excluding hydrogens is 302 g/mol. The highest BCUT2D eigenvalue weighted by atomic mass is 16.5. The lowest BCUT2D eigenvalue weighted by atomic mass is 10.1. The van der Waals surface area contributed by atoms with Crippen molar-refractivity contribution in [2.24, 2.45) is 0 Å². The van der Waals surface area contributed by atoms with E-state index in [0.717, 1.165) is 37.4 Å². The van der Waals surface area contributed by atoms with Gasteiger partial charge in [0.1, 0.15) is 5.75 Å². The van der Waals surface area contributed by atoms with E-state index in [9.17, 15) is 5.11 Å². The Balaban J connectivity index is 1.40. The first-order chi connectivity index (χ1) is 11.7. The molecular formula is C19H23N3O2. The number of rotatable bonds is 7. The quantitative estimate of drug-likeness (QED) is 0.766. The molecule has 24 heavy (non-hydrogen) atoms. The first-order valence-corrected chi connectivity index (χ1v) is 8.22. The number of nitrogens with one attached hydrogen (secondary N) is 1. The molecule has 0 saturated carbocycles. The molecule has 0 radical (unpaired) electrons. The molecule has 2 N–H and O–H groups in total. The number of hydrogen-bond acceptors (Lipinski definition) is 5. The number of fused-ring (bicyclic) bond motifs is 1.